The summed E-state index contributed by atoms with van der Waals surface area (Å²) in [7, 11) is 1.50. The molecule has 8 heteroatoms. The average molecular weight is 431 g/mol. The van der Waals surface area contributed by atoms with Gasteiger partial charge in [0.1, 0.15) is 17.2 Å². The molecule has 0 aliphatic carbocycles. The van der Waals surface area contributed by atoms with Crippen LogP contribution >= 0.6 is 0 Å². The van der Waals surface area contributed by atoms with Crippen LogP contribution in [0.15, 0.2) is 66.4 Å². The molecule has 0 fully saturated rings. The summed E-state index contributed by atoms with van der Waals surface area (Å²) in [6, 6.07) is 15.5. The van der Waals surface area contributed by atoms with Crippen LogP contribution in [0.2, 0.25) is 0 Å². The summed E-state index contributed by atoms with van der Waals surface area (Å²) in [5, 5.41) is 11.0. The first-order chi connectivity index (χ1) is 15.4. The van der Waals surface area contributed by atoms with E-state index in [-0.39, 0.29) is 28.7 Å². The first kappa shape index (κ1) is 20.8. The molecule has 0 amide bonds. The molecule has 8 nitrogen and oxygen atoms in total. The van der Waals surface area contributed by atoms with Gasteiger partial charge in [-0.3, -0.25) is 14.9 Å². The molecule has 1 heterocycles. The molecule has 160 valence electrons. The van der Waals surface area contributed by atoms with Crippen LogP contribution < -0.4 is 14.2 Å². The van der Waals surface area contributed by atoms with Gasteiger partial charge in [-0.05, 0) is 48.9 Å². The van der Waals surface area contributed by atoms with Crippen LogP contribution in [0.4, 0.5) is 5.69 Å². The summed E-state index contributed by atoms with van der Waals surface area (Å²) < 4.78 is 16.4. The van der Waals surface area contributed by atoms with Crippen LogP contribution in [0.5, 0.6) is 17.2 Å². The van der Waals surface area contributed by atoms with E-state index in [9.17, 15) is 19.7 Å². The number of non-ortho nitro benzene ring substituents is 1. The third-order valence-electron chi connectivity index (χ3n) is 4.92. The predicted molar refractivity (Wildman–Crippen MR) is 115 cm³/mol. The highest BCUT2D eigenvalue weighted by molar-refractivity contribution is 6.15. The van der Waals surface area contributed by atoms with Crippen LogP contribution in [-0.4, -0.2) is 23.8 Å². The first-order valence-corrected chi connectivity index (χ1v) is 9.56. The second-order valence-corrected chi connectivity index (χ2v) is 6.98. The van der Waals surface area contributed by atoms with E-state index in [0.29, 0.717) is 28.0 Å². The van der Waals surface area contributed by atoms with Crippen molar-refractivity contribution in [2.45, 2.75) is 6.92 Å². The fourth-order valence-electron chi connectivity index (χ4n) is 3.27. The number of esters is 1. The van der Waals surface area contributed by atoms with Gasteiger partial charge in [0.15, 0.2) is 5.76 Å². The number of benzene rings is 3. The van der Waals surface area contributed by atoms with Gasteiger partial charge >= 0.3 is 5.97 Å². The van der Waals surface area contributed by atoms with Gasteiger partial charge < -0.3 is 14.2 Å². The summed E-state index contributed by atoms with van der Waals surface area (Å²) in [4.78, 5) is 35.8. The largest absolute Gasteiger partial charge is 0.497 e. The molecule has 0 radical (unpaired) electrons. The molecule has 1 aliphatic heterocycles. The lowest BCUT2D eigenvalue weighted by Gasteiger charge is -2.10. The lowest BCUT2D eigenvalue weighted by Crippen LogP contribution is -2.09. The zero-order chi connectivity index (χ0) is 22.8. The Bertz CT molecular complexity index is 1290. The minimum atomic E-state index is -0.580. The summed E-state index contributed by atoms with van der Waals surface area (Å²) in [5.41, 5.74) is 1.48. The molecule has 0 N–H and O–H groups in total. The number of ketones is 1. The predicted octanol–water partition coefficient (Wildman–Crippen LogP) is 4.75. The second-order valence-electron chi connectivity index (χ2n) is 6.98. The van der Waals surface area contributed by atoms with E-state index in [2.05, 4.69) is 0 Å². The van der Waals surface area contributed by atoms with Crippen molar-refractivity contribution < 1.29 is 28.7 Å². The topological polar surface area (TPSA) is 105 Å². The van der Waals surface area contributed by atoms with E-state index in [1.807, 2.05) is 0 Å². The third kappa shape index (κ3) is 3.93. The molecule has 0 aromatic heterocycles. The molecule has 32 heavy (non-hydrogen) atoms. The number of nitro groups is 1. The maximum Gasteiger partial charge on any atom is 0.343 e. The van der Waals surface area contributed by atoms with E-state index in [1.165, 1.54) is 43.5 Å². The molecule has 0 saturated carbocycles. The summed E-state index contributed by atoms with van der Waals surface area (Å²) in [6.45, 7) is 1.68. The van der Waals surface area contributed by atoms with Gasteiger partial charge in [0.2, 0.25) is 5.78 Å². The Labute approximate surface area is 182 Å². The van der Waals surface area contributed by atoms with Crippen molar-refractivity contribution in [3.8, 4) is 17.2 Å². The maximum atomic E-state index is 12.7. The van der Waals surface area contributed by atoms with Crippen LogP contribution in [0, 0.1) is 17.0 Å². The quantitative estimate of drug-likeness (QED) is 0.189. The zero-order valence-electron chi connectivity index (χ0n) is 17.2. The number of carbonyl (C=O) groups excluding carboxylic acids is 2. The SMILES string of the molecule is COc1cccc(C(=O)Oc2ccc3c(c2C)O/C(=C\c2cccc([N+](=O)[O-])c2)C3=O)c1. The van der Waals surface area contributed by atoms with E-state index < -0.39 is 10.9 Å². The van der Waals surface area contributed by atoms with Crippen molar-refractivity contribution in [2.75, 3.05) is 7.11 Å². The van der Waals surface area contributed by atoms with Gasteiger partial charge in [0.05, 0.1) is 23.2 Å². The number of carbonyl (C=O) groups is 2. The number of nitro benzene ring substituents is 1. The van der Waals surface area contributed by atoms with Crippen LogP contribution in [0.3, 0.4) is 0 Å². The fourth-order valence-corrected chi connectivity index (χ4v) is 3.27. The molecule has 0 unspecified atom stereocenters. The van der Waals surface area contributed by atoms with E-state index in [1.54, 1.807) is 37.3 Å². The number of Topliss-reactive ketones (excluding diaryl/α,β-unsaturated/α-hetero) is 1. The van der Waals surface area contributed by atoms with Crippen molar-refractivity contribution in [1.82, 2.24) is 0 Å². The number of hydrogen-bond donors (Lipinski definition) is 0. The summed E-state index contributed by atoms with van der Waals surface area (Å²) >= 11 is 0. The van der Waals surface area contributed by atoms with Crippen molar-refractivity contribution in [3.05, 3.63) is 98.8 Å². The number of ether oxygens (including phenoxy) is 3. The molecule has 3 aromatic carbocycles. The first-order valence-electron chi connectivity index (χ1n) is 9.56. The molecule has 0 spiro atoms. The fraction of sp³-hybridized carbons (Fsp3) is 0.0833. The van der Waals surface area contributed by atoms with Crippen LogP contribution in [0.25, 0.3) is 6.08 Å². The minimum absolute atomic E-state index is 0.0277. The molecule has 0 saturated heterocycles. The highest BCUT2D eigenvalue weighted by atomic mass is 16.6. The highest BCUT2D eigenvalue weighted by Gasteiger charge is 2.30. The Morgan fingerprint density at radius 3 is 2.62 bits per heavy atom. The number of fused-ring (bicyclic) bond motifs is 1. The molecule has 3 aromatic rings. The van der Waals surface area contributed by atoms with E-state index in [0.717, 1.165) is 0 Å². The molecule has 4 rings (SSSR count). The number of allylic oxidation sites excluding steroid dienone is 1. The normalized spacial score (nSPS) is 13.4. The monoisotopic (exact) mass is 431 g/mol. The van der Waals surface area contributed by atoms with Crippen molar-refractivity contribution in [1.29, 1.82) is 0 Å². The van der Waals surface area contributed by atoms with Crippen molar-refractivity contribution >= 4 is 23.5 Å². The van der Waals surface area contributed by atoms with Crippen LogP contribution in [-0.2, 0) is 0 Å². The van der Waals surface area contributed by atoms with E-state index >= 15 is 0 Å². The summed E-state index contributed by atoms with van der Waals surface area (Å²) in [6.07, 6.45) is 1.44. The lowest BCUT2D eigenvalue weighted by atomic mass is 10.1. The van der Waals surface area contributed by atoms with Crippen LogP contribution in [0.1, 0.15) is 31.8 Å². The zero-order valence-corrected chi connectivity index (χ0v) is 17.2. The molecular weight excluding hydrogens is 414 g/mol. The Morgan fingerprint density at radius 2 is 1.88 bits per heavy atom. The molecule has 1 aliphatic rings. The molecule has 0 bridgehead atoms. The number of rotatable bonds is 5. The number of methoxy groups -OCH3 is 1. The van der Waals surface area contributed by atoms with Crippen molar-refractivity contribution in [3.63, 3.8) is 0 Å². The number of nitrogens with zero attached hydrogens (tertiary/aromatic N) is 1. The highest BCUT2D eigenvalue weighted by Crippen LogP contribution is 2.39. The Hall–Kier alpha value is -4.46. The second kappa shape index (κ2) is 8.35. The molecular formula is C24H17NO7. The lowest BCUT2D eigenvalue weighted by molar-refractivity contribution is -0.384. The van der Waals surface area contributed by atoms with Crippen molar-refractivity contribution in [2.24, 2.45) is 0 Å². The van der Waals surface area contributed by atoms with Gasteiger partial charge in [-0.1, -0.05) is 18.2 Å². The minimum Gasteiger partial charge on any atom is -0.497 e. The molecule has 0 atom stereocenters. The van der Waals surface area contributed by atoms with Gasteiger partial charge in [0, 0.05) is 17.7 Å². The number of hydrogen-bond acceptors (Lipinski definition) is 7. The Kier molecular flexibility index (Phi) is 5.43. The smallest absolute Gasteiger partial charge is 0.343 e. The van der Waals surface area contributed by atoms with Gasteiger partial charge in [0.25, 0.3) is 5.69 Å². The van der Waals surface area contributed by atoms with Gasteiger partial charge in [-0.25, -0.2) is 4.79 Å². The van der Waals surface area contributed by atoms with Gasteiger partial charge in [-0.2, -0.15) is 0 Å². The third-order valence-corrected chi connectivity index (χ3v) is 4.92. The average Bonchev–Trinajstić information content (AvgIpc) is 3.11. The standard InChI is InChI=1S/C24H17NO7/c1-14-20(32-24(27)16-6-4-8-18(13-16)30-2)10-9-19-22(26)21(31-23(14)19)12-15-5-3-7-17(11-15)25(28)29/h3-13H,1-2H3/b21-12-. The summed E-state index contributed by atoms with van der Waals surface area (Å²) in [5.74, 6) is 0.141. The van der Waals surface area contributed by atoms with E-state index in [4.69, 9.17) is 14.2 Å². The maximum absolute atomic E-state index is 12.7. The Morgan fingerprint density at radius 1 is 1.09 bits per heavy atom. The van der Waals surface area contributed by atoms with Gasteiger partial charge in [-0.15, -0.1) is 0 Å². The Balaban J connectivity index is 1.60.